The van der Waals surface area contributed by atoms with Gasteiger partial charge in [0, 0.05) is 16.8 Å². The van der Waals surface area contributed by atoms with Crippen molar-refractivity contribution >= 4 is 17.3 Å². The van der Waals surface area contributed by atoms with Crippen molar-refractivity contribution in [3.05, 3.63) is 28.3 Å². The van der Waals surface area contributed by atoms with Crippen LogP contribution >= 0.6 is 11.6 Å². The zero-order valence-electron chi connectivity index (χ0n) is 10.6. The Labute approximate surface area is 109 Å². The smallest absolute Gasteiger partial charge is 0.0412 e. The summed E-state index contributed by atoms with van der Waals surface area (Å²) in [6.07, 6.45) is 3.69. The molecule has 0 aromatic heterocycles. The lowest BCUT2D eigenvalue weighted by Gasteiger charge is -2.21. The molecule has 2 rings (SSSR count). The first-order valence-corrected chi connectivity index (χ1v) is 6.78. The molecule has 0 aliphatic carbocycles. The van der Waals surface area contributed by atoms with Crippen molar-refractivity contribution in [2.45, 2.75) is 39.2 Å². The van der Waals surface area contributed by atoms with E-state index in [-0.39, 0.29) is 0 Å². The van der Waals surface area contributed by atoms with Gasteiger partial charge in [0.15, 0.2) is 0 Å². The van der Waals surface area contributed by atoms with Gasteiger partial charge in [0.05, 0.1) is 0 Å². The molecule has 94 valence electrons. The van der Waals surface area contributed by atoms with Gasteiger partial charge in [0.2, 0.25) is 0 Å². The van der Waals surface area contributed by atoms with Crippen LogP contribution in [-0.4, -0.2) is 19.1 Å². The Bertz CT molecular complexity index is 359. The lowest BCUT2D eigenvalue weighted by Crippen LogP contribution is -2.22. The Balaban J connectivity index is 2.11. The quantitative estimate of drug-likeness (QED) is 0.842. The highest BCUT2D eigenvalue weighted by Gasteiger charge is 2.13. The summed E-state index contributed by atoms with van der Waals surface area (Å²) >= 11 is 6.05. The molecule has 1 saturated heterocycles. The van der Waals surface area contributed by atoms with Gasteiger partial charge in [-0.05, 0) is 69.5 Å². The van der Waals surface area contributed by atoms with Crippen LogP contribution in [-0.2, 0) is 0 Å². The van der Waals surface area contributed by atoms with Crippen LogP contribution in [0.4, 0.5) is 5.69 Å². The van der Waals surface area contributed by atoms with Crippen molar-refractivity contribution < 1.29 is 0 Å². The topological polar surface area (TPSA) is 24.1 Å². The highest BCUT2D eigenvalue weighted by molar-refractivity contribution is 6.30. The molecule has 0 bridgehead atoms. The second-order valence-electron chi connectivity index (χ2n) is 4.94. The Morgan fingerprint density at radius 2 is 1.88 bits per heavy atom. The first kappa shape index (κ1) is 12.7. The fraction of sp³-hybridized carbons (Fsp3) is 0.571. The molecule has 1 atom stereocenters. The first-order valence-electron chi connectivity index (χ1n) is 6.41. The largest absolute Gasteiger partial charge is 0.382 e. The van der Waals surface area contributed by atoms with E-state index < -0.39 is 0 Å². The molecule has 17 heavy (non-hydrogen) atoms. The van der Waals surface area contributed by atoms with Crippen LogP contribution in [0.25, 0.3) is 0 Å². The molecule has 0 spiro atoms. The molecule has 3 heteroatoms. The predicted molar refractivity (Wildman–Crippen MR) is 75.1 cm³/mol. The van der Waals surface area contributed by atoms with Crippen molar-refractivity contribution in [1.29, 1.82) is 0 Å². The molecule has 0 amide bonds. The number of aryl methyl sites for hydroxylation is 2. The third-order valence-electron chi connectivity index (χ3n) is 3.42. The lowest BCUT2D eigenvalue weighted by atomic mass is 10.0. The molecule has 1 unspecified atom stereocenters. The highest BCUT2D eigenvalue weighted by atomic mass is 35.5. The summed E-state index contributed by atoms with van der Waals surface area (Å²) < 4.78 is 0. The van der Waals surface area contributed by atoms with Crippen LogP contribution in [0.5, 0.6) is 0 Å². The summed E-state index contributed by atoms with van der Waals surface area (Å²) in [4.78, 5) is 0. The lowest BCUT2D eigenvalue weighted by molar-refractivity contribution is 0.636. The number of nitrogens with one attached hydrogen (secondary N) is 2. The van der Waals surface area contributed by atoms with Crippen molar-refractivity contribution in [3.8, 4) is 0 Å². The van der Waals surface area contributed by atoms with Gasteiger partial charge in [-0.1, -0.05) is 11.6 Å². The maximum atomic E-state index is 6.05. The van der Waals surface area contributed by atoms with E-state index in [1.54, 1.807) is 0 Å². The zero-order valence-corrected chi connectivity index (χ0v) is 11.4. The third kappa shape index (κ3) is 3.36. The molecular weight excluding hydrogens is 232 g/mol. The molecule has 1 aliphatic rings. The van der Waals surface area contributed by atoms with E-state index in [0.29, 0.717) is 6.04 Å². The minimum Gasteiger partial charge on any atom is -0.382 e. The number of hydrogen-bond donors (Lipinski definition) is 2. The molecule has 1 aromatic carbocycles. The average molecular weight is 253 g/mol. The maximum absolute atomic E-state index is 6.05. The third-order valence-corrected chi connectivity index (χ3v) is 3.64. The van der Waals surface area contributed by atoms with E-state index in [1.165, 1.54) is 36.1 Å². The average Bonchev–Trinajstić information content (AvgIpc) is 2.51. The van der Waals surface area contributed by atoms with Crippen LogP contribution < -0.4 is 10.6 Å². The number of hydrogen-bond acceptors (Lipinski definition) is 2. The van der Waals surface area contributed by atoms with E-state index in [4.69, 9.17) is 11.6 Å². The van der Waals surface area contributed by atoms with Crippen LogP contribution in [0.2, 0.25) is 5.02 Å². The van der Waals surface area contributed by atoms with Gasteiger partial charge in [0.25, 0.3) is 0 Å². The standard InChI is InChI=1S/C14H21ClN2/c1-10-8-12(15)9-11(2)14(10)17-13-4-3-6-16-7-5-13/h8-9,13,16-17H,3-7H2,1-2H3. The first-order chi connectivity index (χ1) is 8.16. The fourth-order valence-corrected chi connectivity index (χ4v) is 2.83. The number of halogens is 1. The molecular formula is C14H21ClN2. The Hall–Kier alpha value is -0.730. The molecule has 0 radical (unpaired) electrons. The second kappa shape index (κ2) is 5.74. The molecule has 1 heterocycles. The summed E-state index contributed by atoms with van der Waals surface area (Å²) in [7, 11) is 0. The van der Waals surface area contributed by atoms with E-state index in [1.807, 2.05) is 12.1 Å². The normalized spacial score (nSPS) is 21.0. The van der Waals surface area contributed by atoms with Crippen LogP contribution in [0, 0.1) is 13.8 Å². The Kier molecular flexibility index (Phi) is 4.30. The summed E-state index contributed by atoms with van der Waals surface area (Å²) in [6.45, 7) is 6.51. The van der Waals surface area contributed by atoms with Gasteiger partial charge in [-0.15, -0.1) is 0 Å². The SMILES string of the molecule is Cc1cc(Cl)cc(C)c1NC1CCCNCC1. The molecule has 0 saturated carbocycles. The molecule has 1 aromatic rings. The monoisotopic (exact) mass is 252 g/mol. The van der Waals surface area contributed by atoms with Crippen molar-refractivity contribution in [2.75, 3.05) is 18.4 Å². The predicted octanol–water partition coefficient (Wildman–Crippen LogP) is 3.51. The minimum absolute atomic E-state index is 0.587. The van der Waals surface area contributed by atoms with Crippen molar-refractivity contribution in [3.63, 3.8) is 0 Å². The minimum atomic E-state index is 0.587. The molecule has 2 N–H and O–H groups in total. The van der Waals surface area contributed by atoms with Gasteiger partial charge in [0.1, 0.15) is 0 Å². The fourth-order valence-electron chi connectivity index (χ4n) is 2.51. The number of rotatable bonds is 2. The van der Waals surface area contributed by atoms with Gasteiger partial charge in [-0.2, -0.15) is 0 Å². The number of benzene rings is 1. The summed E-state index contributed by atoms with van der Waals surface area (Å²) in [5.74, 6) is 0. The van der Waals surface area contributed by atoms with E-state index in [2.05, 4.69) is 24.5 Å². The van der Waals surface area contributed by atoms with E-state index >= 15 is 0 Å². The number of anilines is 1. The zero-order chi connectivity index (χ0) is 12.3. The van der Waals surface area contributed by atoms with E-state index in [0.717, 1.165) is 18.1 Å². The van der Waals surface area contributed by atoms with Crippen molar-refractivity contribution in [2.24, 2.45) is 0 Å². The summed E-state index contributed by atoms with van der Waals surface area (Å²) in [5.41, 5.74) is 3.75. The highest BCUT2D eigenvalue weighted by Crippen LogP contribution is 2.26. The molecule has 2 nitrogen and oxygen atoms in total. The van der Waals surface area contributed by atoms with Gasteiger partial charge in [-0.3, -0.25) is 0 Å². The molecule has 1 aliphatic heterocycles. The Morgan fingerprint density at radius 3 is 2.59 bits per heavy atom. The maximum Gasteiger partial charge on any atom is 0.0412 e. The molecule has 1 fully saturated rings. The Morgan fingerprint density at radius 1 is 1.18 bits per heavy atom. The summed E-state index contributed by atoms with van der Waals surface area (Å²) in [5, 5.41) is 7.95. The van der Waals surface area contributed by atoms with Crippen LogP contribution in [0.3, 0.4) is 0 Å². The van der Waals surface area contributed by atoms with Crippen LogP contribution in [0.15, 0.2) is 12.1 Å². The summed E-state index contributed by atoms with van der Waals surface area (Å²) in [6, 6.07) is 4.65. The van der Waals surface area contributed by atoms with Gasteiger partial charge < -0.3 is 10.6 Å². The van der Waals surface area contributed by atoms with E-state index in [9.17, 15) is 0 Å². The van der Waals surface area contributed by atoms with Gasteiger partial charge in [-0.25, -0.2) is 0 Å². The van der Waals surface area contributed by atoms with Gasteiger partial charge >= 0.3 is 0 Å². The van der Waals surface area contributed by atoms with Crippen LogP contribution in [0.1, 0.15) is 30.4 Å². The second-order valence-corrected chi connectivity index (χ2v) is 5.37. The van der Waals surface area contributed by atoms with Crippen molar-refractivity contribution in [1.82, 2.24) is 5.32 Å².